The van der Waals surface area contributed by atoms with Gasteiger partial charge in [-0.1, -0.05) is 19.9 Å². The van der Waals surface area contributed by atoms with E-state index in [4.69, 9.17) is 9.84 Å². The zero-order valence-corrected chi connectivity index (χ0v) is 13.1. The van der Waals surface area contributed by atoms with Crippen LogP contribution in [-0.2, 0) is 0 Å². The number of ether oxygens (including phenoxy) is 1. The first-order valence-corrected chi connectivity index (χ1v) is 7.35. The van der Waals surface area contributed by atoms with Crippen molar-refractivity contribution in [3.05, 3.63) is 24.3 Å². The summed E-state index contributed by atoms with van der Waals surface area (Å²) in [7, 11) is 0. The molecular formula is C16H26N2O3. The van der Waals surface area contributed by atoms with Crippen LogP contribution in [0.1, 0.15) is 33.6 Å². The molecule has 0 aromatic heterocycles. The van der Waals surface area contributed by atoms with E-state index in [1.807, 2.05) is 39.0 Å². The van der Waals surface area contributed by atoms with Crippen LogP contribution in [0.4, 0.5) is 10.5 Å². The van der Waals surface area contributed by atoms with Gasteiger partial charge in [-0.15, -0.1) is 0 Å². The fourth-order valence-electron chi connectivity index (χ4n) is 1.85. The zero-order valence-electron chi connectivity index (χ0n) is 13.1. The second kappa shape index (κ2) is 8.52. The molecule has 2 amide bonds. The van der Waals surface area contributed by atoms with Gasteiger partial charge in [0.2, 0.25) is 0 Å². The molecule has 0 spiro atoms. The summed E-state index contributed by atoms with van der Waals surface area (Å²) in [4.78, 5) is 11.8. The van der Waals surface area contributed by atoms with Crippen molar-refractivity contribution in [3.63, 3.8) is 0 Å². The maximum atomic E-state index is 11.8. The topological polar surface area (TPSA) is 70.6 Å². The van der Waals surface area contributed by atoms with Gasteiger partial charge in [0.1, 0.15) is 5.75 Å². The molecule has 0 aliphatic carbocycles. The number of hydrogen-bond acceptors (Lipinski definition) is 3. The number of nitrogens with one attached hydrogen (secondary N) is 2. The predicted octanol–water partition coefficient (Wildman–Crippen LogP) is 3.01. The Labute approximate surface area is 126 Å². The molecule has 0 heterocycles. The summed E-state index contributed by atoms with van der Waals surface area (Å²) in [6, 6.07) is 7.06. The third-order valence-electron chi connectivity index (χ3n) is 3.15. The van der Waals surface area contributed by atoms with E-state index in [1.165, 1.54) is 0 Å². The minimum atomic E-state index is -0.231. The smallest absolute Gasteiger partial charge is 0.319 e. The third-order valence-corrected chi connectivity index (χ3v) is 3.15. The van der Waals surface area contributed by atoms with Crippen molar-refractivity contribution in [1.82, 2.24) is 5.32 Å². The number of hydrogen-bond donors (Lipinski definition) is 3. The molecule has 0 unspecified atom stereocenters. The van der Waals surface area contributed by atoms with Gasteiger partial charge in [-0.25, -0.2) is 4.79 Å². The largest absolute Gasteiger partial charge is 0.494 e. The number of carbonyl (C=O) groups excluding carboxylic acids is 1. The fourth-order valence-corrected chi connectivity index (χ4v) is 1.85. The van der Waals surface area contributed by atoms with Crippen LogP contribution >= 0.6 is 0 Å². The number of benzene rings is 1. The average Bonchev–Trinajstić information content (AvgIpc) is 2.44. The molecule has 5 nitrogen and oxygen atoms in total. The summed E-state index contributed by atoms with van der Waals surface area (Å²) in [5.74, 6) is 0.736. The van der Waals surface area contributed by atoms with Crippen LogP contribution in [0.5, 0.6) is 5.75 Å². The average molecular weight is 294 g/mol. The molecular weight excluding hydrogens is 268 g/mol. The monoisotopic (exact) mass is 294 g/mol. The molecule has 0 saturated heterocycles. The minimum Gasteiger partial charge on any atom is -0.494 e. The normalized spacial score (nSPS) is 11.0. The second-order valence-electron chi connectivity index (χ2n) is 5.77. The molecule has 3 N–H and O–H groups in total. The van der Waals surface area contributed by atoms with Crippen LogP contribution in [0.15, 0.2) is 24.3 Å². The lowest BCUT2D eigenvalue weighted by atomic mass is 9.89. The molecule has 1 aromatic rings. The Bertz CT molecular complexity index is 447. The lowest BCUT2D eigenvalue weighted by Crippen LogP contribution is -2.30. The summed E-state index contributed by atoms with van der Waals surface area (Å²) in [5, 5.41) is 14.7. The van der Waals surface area contributed by atoms with Crippen molar-refractivity contribution in [1.29, 1.82) is 0 Å². The van der Waals surface area contributed by atoms with Crippen LogP contribution in [0.2, 0.25) is 0 Å². The van der Waals surface area contributed by atoms with E-state index in [0.29, 0.717) is 18.8 Å². The lowest BCUT2D eigenvalue weighted by molar-refractivity contribution is 0.148. The van der Waals surface area contributed by atoms with Crippen molar-refractivity contribution in [3.8, 4) is 5.75 Å². The first-order valence-electron chi connectivity index (χ1n) is 7.35. The quantitative estimate of drug-likeness (QED) is 0.645. The van der Waals surface area contributed by atoms with Gasteiger partial charge in [0, 0.05) is 24.9 Å². The van der Waals surface area contributed by atoms with Crippen molar-refractivity contribution in [2.75, 3.05) is 25.1 Å². The fraction of sp³-hybridized carbons (Fsp3) is 0.562. The lowest BCUT2D eigenvalue weighted by Gasteiger charge is -2.21. The van der Waals surface area contributed by atoms with Crippen LogP contribution < -0.4 is 15.4 Å². The summed E-state index contributed by atoms with van der Waals surface area (Å²) in [6.07, 6.45) is 1.70. The highest BCUT2D eigenvalue weighted by atomic mass is 16.5. The van der Waals surface area contributed by atoms with Gasteiger partial charge in [0.05, 0.1) is 6.61 Å². The highest BCUT2D eigenvalue weighted by Gasteiger charge is 2.15. The van der Waals surface area contributed by atoms with Crippen LogP contribution in [0.3, 0.4) is 0 Å². The Hall–Kier alpha value is -1.75. The molecule has 0 atom stereocenters. The van der Waals surface area contributed by atoms with Crippen molar-refractivity contribution in [2.45, 2.75) is 33.6 Å². The summed E-state index contributed by atoms with van der Waals surface area (Å²) < 4.78 is 5.38. The highest BCUT2D eigenvalue weighted by Crippen LogP contribution is 2.20. The van der Waals surface area contributed by atoms with Crippen molar-refractivity contribution in [2.24, 2.45) is 5.41 Å². The van der Waals surface area contributed by atoms with E-state index < -0.39 is 0 Å². The van der Waals surface area contributed by atoms with Gasteiger partial charge < -0.3 is 20.5 Å². The molecule has 0 bridgehead atoms. The van der Waals surface area contributed by atoms with Crippen molar-refractivity contribution < 1.29 is 14.6 Å². The van der Waals surface area contributed by atoms with Gasteiger partial charge >= 0.3 is 6.03 Å². The number of carbonyl (C=O) groups is 1. The molecule has 0 aliphatic heterocycles. The maximum Gasteiger partial charge on any atom is 0.319 e. The summed E-state index contributed by atoms with van der Waals surface area (Å²) in [5.41, 5.74) is 0.610. The first kappa shape index (κ1) is 17.3. The Morgan fingerprint density at radius 3 is 2.81 bits per heavy atom. The number of urea groups is 1. The molecule has 5 heteroatoms. The zero-order chi connectivity index (χ0) is 15.7. The Morgan fingerprint density at radius 2 is 2.14 bits per heavy atom. The van der Waals surface area contributed by atoms with E-state index in [-0.39, 0.29) is 18.1 Å². The molecule has 118 valence electrons. The predicted molar refractivity (Wildman–Crippen MR) is 84.7 cm³/mol. The number of anilines is 1. The third kappa shape index (κ3) is 6.99. The van der Waals surface area contributed by atoms with Gasteiger partial charge in [0.25, 0.3) is 0 Å². The molecule has 1 rings (SSSR count). The molecule has 0 radical (unpaired) electrons. The minimum absolute atomic E-state index is 0.0933. The van der Waals surface area contributed by atoms with Crippen LogP contribution in [0, 0.1) is 5.41 Å². The number of aliphatic hydroxyl groups excluding tert-OH is 1. The van der Waals surface area contributed by atoms with E-state index in [2.05, 4.69) is 10.6 Å². The SMILES string of the molecule is CCOc1cccc(NC(=O)NCCCC(C)(C)CO)c1. The van der Waals surface area contributed by atoms with E-state index in [0.717, 1.165) is 18.6 Å². The van der Waals surface area contributed by atoms with Crippen molar-refractivity contribution >= 4 is 11.7 Å². The first-order chi connectivity index (χ1) is 9.96. The molecule has 0 aliphatic rings. The number of rotatable bonds is 8. The van der Waals surface area contributed by atoms with Gasteiger partial charge in [-0.2, -0.15) is 0 Å². The van der Waals surface area contributed by atoms with Gasteiger partial charge in [-0.05, 0) is 37.3 Å². The number of amides is 2. The van der Waals surface area contributed by atoms with Crippen LogP contribution in [0.25, 0.3) is 0 Å². The van der Waals surface area contributed by atoms with E-state index in [9.17, 15) is 4.79 Å². The van der Waals surface area contributed by atoms with E-state index >= 15 is 0 Å². The Morgan fingerprint density at radius 1 is 1.38 bits per heavy atom. The second-order valence-corrected chi connectivity index (χ2v) is 5.77. The molecule has 21 heavy (non-hydrogen) atoms. The Kier molecular flexibility index (Phi) is 7.02. The number of aliphatic hydroxyl groups is 1. The highest BCUT2D eigenvalue weighted by molar-refractivity contribution is 5.89. The summed E-state index contributed by atoms with van der Waals surface area (Å²) >= 11 is 0. The van der Waals surface area contributed by atoms with Crippen LogP contribution in [-0.4, -0.2) is 30.9 Å². The molecule has 0 saturated carbocycles. The molecule has 0 fully saturated rings. The van der Waals surface area contributed by atoms with Gasteiger partial charge in [0.15, 0.2) is 0 Å². The van der Waals surface area contributed by atoms with Gasteiger partial charge in [-0.3, -0.25) is 0 Å². The summed E-state index contributed by atoms with van der Waals surface area (Å²) in [6.45, 7) is 7.26. The maximum absolute atomic E-state index is 11.8. The molecule has 1 aromatic carbocycles. The standard InChI is InChI=1S/C16H26N2O3/c1-4-21-14-8-5-7-13(11-14)18-15(20)17-10-6-9-16(2,3)12-19/h5,7-8,11,19H,4,6,9-10,12H2,1-3H3,(H2,17,18,20). The Balaban J connectivity index is 2.32. The van der Waals surface area contributed by atoms with E-state index in [1.54, 1.807) is 6.07 Å².